The standard InChI is InChI=1S/2C23H34F2NO.Ti/c2*1-4-6-10-15-23(3,5-2)22(27)26(17-18-11-8-7-9-12-18)21-14-13-19(24)16-20(21)25;/h2*13-14,18H,4-12,15,17H2,1-3H3;/q2*-1;+2. The molecule has 4 rings (SSSR count). The van der Waals surface area contributed by atoms with Crippen molar-refractivity contribution in [1.29, 1.82) is 0 Å². The van der Waals surface area contributed by atoms with Gasteiger partial charge in [0.1, 0.15) is 0 Å². The fourth-order valence-electron chi connectivity index (χ4n) is 8.18. The van der Waals surface area contributed by atoms with E-state index in [4.69, 9.17) is 0 Å². The Morgan fingerprint density at radius 3 is 1.24 bits per heavy atom. The van der Waals surface area contributed by atoms with Gasteiger partial charge in [0.05, 0.1) is 0 Å². The van der Waals surface area contributed by atoms with Crippen molar-refractivity contribution in [2.45, 2.75) is 170 Å². The van der Waals surface area contributed by atoms with Crippen LogP contribution in [0.15, 0.2) is 24.3 Å². The Labute approximate surface area is 345 Å². The summed E-state index contributed by atoms with van der Waals surface area (Å²) in [4.78, 5) is 30.3. The van der Waals surface area contributed by atoms with Gasteiger partial charge in [0, 0.05) is 47.2 Å². The second kappa shape index (κ2) is 24.6. The Kier molecular flexibility index (Phi) is 21.9. The van der Waals surface area contributed by atoms with E-state index in [1.165, 1.54) is 37.1 Å². The van der Waals surface area contributed by atoms with Crippen molar-refractivity contribution >= 4 is 23.2 Å². The minimum atomic E-state index is -0.772. The van der Waals surface area contributed by atoms with E-state index in [9.17, 15) is 27.2 Å². The van der Waals surface area contributed by atoms with Crippen molar-refractivity contribution < 1.29 is 48.9 Å². The first kappa shape index (κ1) is 49.0. The van der Waals surface area contributed by atoms with Gasteiger partial charge in [-0.25, -0.2) is 17.6 Å². The molecule has 2 aliphatic carbocycles. The number of rotatable bonds is 18. The van der Waals surface area contributed by atoms with E-state index in [1.54, 1.807) is 9.80 Å². The van der Waals surface area contributed by atoms with Gasteiger partial charge in [-0.05, 0) is 74.6 Å². The van der Waals surface area contributed by atoms with Crippen molar-refractivity contribution in [3.05, 3.63) is 59.7 Å². The summed E-state index contributed by atoms with van der Waals surface area (Å²) in [7, 11) is 0. The zero-order valence-electron chi connectivity index (χ0n) is 34.7. The Morgan fingerprint density at radius 2 is 0.945 bits per heavy atom. The molecule has 0 saturated heterocycles. The van der Waals surface area contributed by atoms with E-state index in [2.05, 4.69) is 26.0 Å². The van der Waals surface area contributed by atoms with Gasteiger partial charge in [-0.3, -0.25) is 9.59 Å². The normalized spacial score (nSPS) is 17.2. The SMILES string of the molecule is CCCCCC(C)(CC)C(=O)N(CC1CCCCC1)c1ccc(F)[c-]c1F.CCCCCC(C)(CC)C(=O)N(CC1CCCCC1)c1ccc(F)[c-]c1F.[Ti+2]. The quantitative estimate of drug-likeness (QED) is 0.0652. The van der Waals surface area contributed by atoms with Crippen LogP contribution in [-0.4, -0.2) is 24.9 Å². The third-order valence-corrected chi connectivity index (χ3v) is 12.3. The average molecular weight is 805 g/mol. The molecule has 0 heterocycles. The number of hydrogen-bond donors (Lipinski definition) is 0. The fraction of sp³-hybridized carbons (Fsp3) is 0.696. The van der Waals surface area contributed by atoms with Crippen LogP contribution >= 0.6 is 0 Å². The van der Waals surface area contributed by atoms with E-state index in [0.717, 1.165) is 103 Å². The maximum Gasteiger partial charge on any atom is 2.00 e. The van der Waals surface area contributed by atoms with Crippen LogP contribution in [0, 0.1) is 58.1 Å². The minimum absolute atomic E-state index is 0. The van der Waals surface area contributed by atoms with E-state index < -0.39 is 34.1 Å². The number of amides is 2. The molecule has 2 aromatic rings. The molecule has 0 aromatic heterocycles. The van der Waals surface area contributed by atoms with Gasteiger partial charge in [0.25, 0.3) is 0 Å². The molecule has 2 aromatic carbocycles. The fourth-order valence-corrected chi connectivity index (χ4v) is 8.18. The van der Waals surface area contributed by atoms with Gasteiger partial charge in [0.15, 0.2) is 0 Å². The summed E-state index contributed by atoms with van der Waals surface area (Å²) >= 11 is 0. The molecule has 0 bridgehead atoms. The van der Waals surface area contributed by atoms with Gasteiger partial charge in [-0.2, -0.15) is 0 Å². The van der Waals surface area contributed by atoms with Crippen LogP contribution < -0.4 is 9.80 Å². The zero-order valence-corrected chi connectivity index (χ0v) is 36.3. The van der Waals surface area contributed by atoms with Crippen molar-refractivity contribution in [2.75, 3.05) is 22.9 Å². The summed E-state index contributed by atoms with van der Waals surface area (Å²) in [6, 6.07) is 9.39. The van der Waals surface area contributed by atoms with Crippen LogP contribution in [0.2, 0.25) is 0 Å². The topological polar surface area (TPSA) is 40.6 Å². The third kappa shape index (κ3) is 14.6. The second-order valence-corrected chi connectivity index (χ2v) is 16.6. The summed E-state index contributed by atoms with van der Waals surface area (Å²) < 4.78 is 55.8. The first-order valence-corrected chi connectivity index (χ1v) is 21.2. The molecular formula is C46H68F4N2O2Ti. The molecule has 0 aliphatic heterocycles. The number of anilines is 2. The van der Waals surface area contributed by atoms with Gasteiger partial charge in [0.2, 0.25) is 11.8 Å². The Morgan fingerprint density at radius 1 is 0.600 bits per heavy atom. The summed E-state index contributed by atoms with van der Waals surface area (Å²) in [6.45, 7) is 13.3. The number of halogens is 4. The van der Waals surface area contributed by atoms with Gasteiger partial charge >= 0.3 is 21.7 Å². The number of hydrogen-bond acceptors (Lipinski definition) is 2. The van der Waals surface area contributed by atoms with Gasteiger partial charge in [-0.1, -0.05) is 119 Å². The van der Waals surface area contributed by atoms with Crippen molar-refractivity contribution in [2.24, 2.45) is 22.7 Å². The molecule has 0 spiro atoms. The molecule has 2 aliphatic rings. The monoisotopic (exact) mass is 804 g/mol. The average Bonchev–Trinajstić information content (AvgIpc) is 3.17. The summed E-state index contributed by atoms with van der Waals surface area (Å²) in [5.41, 5.74) is -0.709. The molecule has 306 valence electrons. The maximum atomic E-state index is 14.5. The number of carbonyl (C=O) groups is 2. The molecule has 2 fully saturated rings. The number of carbonyl (C=O) groups excluding carboxylic acids is 2. The predicted molar refractivity (Wildman–Crippen MR) is 213 cm³/mol. The van der Waals surface area contributed by atoms with Gasteiger partial charge < -0.3 is 9.80 Å². The van der Waals surface area contributed by atoms with Crippen molar-refractivity contribution in [3.8, 4) is 0 Å². The number of nitrogens with zero attached hydrogens (tertiary/aromatic N) is 2. The van der Waals surface area contributed by atoms with Crippen molar-refractivity contribution in [3.63, 3.8) is 0 Å². The Hall–Kier alpha value is -2.19. The van der Waals surface area contributed by atoms with Crippen molar-refractivity contribution in [1.82, 2.24) is 0 Å². The molecule has 2 amide bonds. The van der Waals surface area contributed by atoms with E-state index >= 15 is 0 Å². The maximum absolute atomic E-state index is 14.5. The van der Waals surface area contributed by atoms with Crippen LogP contribution in [-0.2, 0) is 31.3 Å². The van der Waals surface area contributed by atoms with Crippen LogP contribution in [0.1, 0.15) is 170 Å². The molecule has 2 atom stereocenters. The summed E-state index contributed by atoms with van der Waals surface area (Å²) in [5.74, 6) is -2.33. The second-order valence-electron chi connectivity index (χ2n) is 16.6. The Bertz CT molecular complexity index is 1340. The van der Waals surface area contributed by atoms with Crippen LogP contribution in [0.25, 0.3) is 0 Å². The number of unbranched alkanes of at least 4 members (excludes halogenated alkanes) is 4. The first-order valence-electron chi connectivity index (χ1n) is 21.2. The van der Waals surface area contributed by atoms with E-state index in [0.29, 0.717) is 37.8 Å². The molecular weight excluding hydrogens is 736 g/mol. The largest absolute Gasteiger partial charge is 2.00 e. The molecule has 2 saturated carbocycles. The van der Waals surface area contributed by atoms with Gasteiger partial charge in [-0.15, -0.1) is 36.4 Å². The zero-order chi connectivity index (χ0) is 39.7. The number of benzene rings is 2. The van der Waals surface area contributed by atoms with E-state index in [1.807, 2.05) is 27.7 Å². The smallest absolute Gasteiger partial charge is 0.363 e. The predicted octanol–water partition coefficient (Wildman–Crippen LogP) is 13.3. The van der Waals surface area contributed by atoms with Crippen LogP contribution in [0.4, 0.5) is 28.9 Å². The molecule has 2 unspecified atom stereocenters. The first-order chi connectivity index (χ1) is 25.8. The molecule has 0 N–H and O–H groups in total. The molecule has 4 nitrogen and oxygen atoms in total. The summed E-state index contributed by atoms with van der Waals surface area (Å²) in [6.07, 6.45) is 20.7. The van der Waals surface area contributed by atoms with Crippen LogP contribution in [0.5, 0.6) is 0 Å². The Balaban J connectivity index is 0.000000373. The molecule has 55 heavy (non-hydrogen) atoms. The third-order valence-electron chi connectivity index (χ3n) is 12.3. The molecule has 0 radical (unpaired) electrons. The van der Waals surface area contributed by atoms with Crippen LogP contribution in [0.3, 0.4) is 0 Å². The minimum Gasteiger partial charge on any atom is -0.363 e. The molecule has 9 heteroatoms. The summed E-state index contributed by atoms with van der Waals surface area (Å²) in [5, 5.41) is 0. The van der Waals surface area contributed by atoms with E-state index in [-0.39, 0.29) is 44.9 Å².